The quantitative estimate of drug-likeness (QED) is 0.506. The molecule has 0 aliphatic heterocycles. The van der Waals surface area contributed by atoms with Gasteiger partial charge >= 0.3 is 0 Å². The number of nitrogens with one attached hydrogen (secondary N) is 2. The van der Waals surface area contributed by atoms with Crippen molar-refractivity contribution in [2.75, 3.05) is 10.6 Å². The summed E-state index contributed by atoms with van der Waals surface area (Å²) < 4.78 is 56.4. The lowest BCUT2D eigenvalue weighted by atomic mass is 10.1. The molecule has 27 heavy (non-hydrogen) atoms. The highest BCUT2D eigenvalue weighted by atomic mass is 32.1. The largest absolute Gasteiger partial charge is 0.325 e. The number of rotatable bonds is 5. The van der Waals surface area contributed by atoms with E-state index in [9.17, 15) is 9.59 Å². The van der Waals surface area contributed by atoms with Gasteiger partial charge in [-0.05, 0) is 22.9 Å². The van der Waals surface area contributed by atoms with Crippen LogP contribution in [0.1, 0.15) is 25.6 Å². The fourth-order valence-corrected chi connectivity index (χ4v) is 3.60. The second-order valence-corrected chi connectivity index (χ2v) is 6.97. The zero-order chi connectivity index (χ0) is 24.7. The standard InChI is InChI=1S/C20H15N3O2S2/c24-18(22-17-7-3-5-13-4-1-2-6-16(13)17)10-15-12-27-20(21-15)23-19(25)14-8-9-26-11-14/h1-9,11-12H,10H2,(H,22,24)(H,21,23,25)/i1D,2D,3D,4D,5D,6D,7D. The monoisotopic (exact) mass is 400 g/mol. The summed E-state index contributed by atoms with van der Waals surface area (Å²) in [7, 11) is 0. The third-order valence-corrected chi connectivity index (χ3v) is 4.96. The number of benzene rings is 2. The maximum atomic E-state index is 12.7. The third kappa shape index (κ3) is 4.05. The molecule has 2 N–H and O–H groups in total. The molecular formula is C20H15N3O2S2. The van der Waals surface area contributed by atoms with Crippen LogP contribution in [-0.2, 0) is 11.2 Å². The highest BCUT2D eigenvalue weighted by molar-refractivity contribution is 7.14. The van der Waals surface area contributed by atoms with Crippen LogP contribution in [0.4, 0.5) is 10.8 Å². The lowest BCUT2D eigenvalue weighted by molar-refractivity contribution is -0.115. The Kier molecular flexibility index (Phi) is 3.12. The lowest BCUT2D eigenvalue weighted by Crippen LogP contribution is -2.15. The molecule has 4 aromatic rings. The Labute approximate surface area is 173 Å². The van der Waals surface area contributed by atoms with Crippen molar-refractivity contribution in [3.05, 3.63) is 75.8 Å². The van der Waals surface area contributed by atoms with E-state index in [-0.39, 0.29) is 28.8 Å². The second kappa shape index (κ2) is 7.69. The van der Waals surface area contributed by atoms with Gasteiger partial charge in [0.25, 0.3) is 5.91 Å². The van der Waals surface area contributed by atoms with E-state index in [0.29, 0.717) is 16.4 Å². The van der Waals surface area contributed by atoms with E-state index in [1.807, 2.05) is 0 Å². The molecule has 0 spiro atoms. The molecule has 0 aliphatic rings. The van der Waals surface area contributed by atoms with Gasteiger partial charge in [-0.3, -0.25) is 14.9 Å². The summed E-state index contributed by atoms with van der Waals surface area (Å²) >= 11 is 2.51. The first-order valence-electron chi connectivity index (χ1n) is 11.2. The predicted molar refractivity (Wildman–Crippen MR) is 111 cm³/mol. The number of carbonyl (C=O) groups is 2. The zero-order valence-electron chi connectivity index (χ0n) is 20.6. The predicted octanol–water partition coefficient (Wildman–Crippen LogP) is 4.79. The molecule has 2 aromatic heterocycles. The fraction of sp³-hybridized carbons (Fsp3) is 0.0500. The second-order valence-electron chi connectivity index (χ2n) is 5.34. The summed E-state index contributed by atoms with van der Waals surface area (Å²) in [4.78, 5) is 29.1. The summed E-state index contributed by atoms with van der Waals surface area (Å²) in [5, 5.41) is 10.00. The molecule has 4 rings (SSSR count). The van der Waals surface area contributed by atoms with Crippen LogP contribution in [0, 0.1) is 0 Å². The van der Waals surface area contributed by atoms with Gasteiger partial charge in [0.2, 0.25) is 5.91 Å². The number of hydrogen-bond acceptors (Lipinski definition) is 5. The summed E-state index contributed by atoms with van der Waals surface area (Å²) in [6.07, 6.45) is -0.243. The number of thiophene rings is 1. The van der Waals surface area contributed by atoms with Gasteiger partial charge in [-0.1, -0.05) is 36.3 Å². The number of anilines is 2. The van der Waals surface area contributed by atoms with Crippen LogP contribution in [0.3, 0.4) is 0 Å². The van der Waals surface area contributed by atoms with Crippen molar-refractivity contribution in [2.45, 2.75) is 6.42 Å². The molecule has 5 nitrogen and oxygen atoms in total. The Balaban J connectivity index is 1.62. The Hall–Kier alpha value is -3.03. The van der Waals surface area contributed by atoms with Gasteiger partial charge in [-0.25, -0.2) is 4.98 Å². The van der Waals surface area contributed by atoms with Gasteiger partial charge in [0.15, 0.2) is 5.13 Å². The highest BCUT2D eigenvalue weighted by Gasteiger charge is 2.12. The van der Waals surface area contributed by atoms with Gasteiger partial charge in [-0.15, -0.1) is 11.3 Å². The van der Waals surface area contributed by atoms with E-state index in [2.05, 4.69) is 15.6 Å². The molecule has 0 saturated carbocycles. The van der Waals surface area contributed by atoms with Crippen molar-refractivity contribution >= 4 is 56.1 Å². The van der Waals surface area contributed by atoms with Crippen molar-refractivity contribution in [1.82, 2.24) is 4.98 Å². The normalized spacial score (nSPS) is 14.3. The van der Waals surface area contributed by atoms with Crippen LogP contribution in [0.15, 0.2) is 64.5 Å². The first-order chi connectivity index (χ1) is 16.1. The number of carbonyl (C=O) groups excluding carboxylic acids is 2. The highest BCUT2D eigenvalue weighted by Crippen LogP contribution is 2.23. The Morgan fingerprint density at radius 1 is 1.07 bits per heavy atom. The van der Waals surface area contributed by atoms with Gasteiger partial charge in [0.05, 0.1) is 27.3 Å². The van der Waals surface area contributed by atoms with Crippen molar-refractivity contribution in [1.29, 1.82) is 0 Å². The first-order valence-corrected chi connectivity index (χ1v) is 9.50. The number of thiazole rings is 1. The van der Waals surface area contributed by atoms with Crippen molar-refractivity contribution in [3.63, 3.8) is 0 Å². The van der Waals surface area contributed by atoms with E-state index < -0.39 is 48.2 Å². The van der Waals surface area contributed by atoms with Crippen LogP contribution in [-0.4, -0.2) is 16.8 Å². The van der Waals surface area contributed by atoms with Crippen LogP contribution in [0.25, 0.3) is 10.8 Å². The van der Waals surface area contributed by atoms with E-state index in [1.54, 1.807) is 22.2 Å². The molecule has 0 saturated heterocycles. The number of nitrogens with zero attached hydrogens (tertiary/aromatic N) is 1. The summed E-state index contributed by atoms with van der Waals surface area (Å²) in [6, 6.07) is -2.12. The van der Waals surface area contributed by atoms with E-state index in [1.165, 1.54) is 11.3 Å². The molecule has 0 aliphatic carbocycles. The molecule has 2 aromatic carbocycles. The third-order valence-electron chi connectivity index (χ3n) is 3.47. The van der Waals surface area contributed by atoms with Crippen LogP contribution < -0.4 is 10.6 Å². The zero-order valence-corrected chi connectivity index (χ0v) is 15.2. The number of amides is 2. The number of hydrogen-bond donors (Lipinski definition) is 2. The maximum absolute atomic E-state index is 12.7. The SMILES string of the molecule is [2H]c1c([2H])c([2H])c2c(NC(=O)Cc3csc(NC(=O)c4ccsc4)n3)c([2H])c([2H])c([2H])c2c1[2H]. The first kappa shape index (κ1) is 11.0. The smallest absolute Gasteiger partial charge is 0.258 e. The lowest BCUT2D eigenvalue weighted by Gasteiger charge is -2.08. The van der Waals surface area contributed by atoms with Gasteiger partial charge < -0.3 is 5.32 Å². The molecular weight excluding hydrogens is 378 g/mol. The molecule has 0 radical (unpaired) electrons. The average Bonchev–Trinajstić information content (AvgIpc) is 3.49. The molecule has 2 heterocycles. The van der Waals surface area contributed by atoms with E-state index in [0.717, 1.165) is 11.3 Å². The van der Waals surface area contributed by atoms with Gasteiger partial charge in [0, 0.05) is 21.8 Å². The minimum absolute atomic E-state index is 0.202. The summed E-state index contributed by atoms with van der Waals surface area (Å²) in [5.74, 6) is -0.968. The molecule has 7 heteroatoms. The molecule has 134 valence electrons. The molecule has 2 amide bonds. The van der Waals surface area contributed by atoms with Crippen molar-refractivity contribution in [3.8, 4) is 0 Å². The Bertz CT molecular complexity index is 1450. The van der Waals surface area contributed by atoms with Crippen LogP contribution in [0.5, 0.6) is 0 Å². The Morgan fingerprint density at radius 3 is 2.78 bits per heavy atom. The number of aromatic nitrogens is 1. The molecule has 0 bridgehead atoms. The molecule has 0 atom stereocenters. The van der Waals surface area contributed by atoms with E-state index >= 15 is 0 Å². The number of fused-ring (bicyclic) bond motifs is 1. The van der Waals surface area contributed by atoms with Crippen LogP contribution in [0.2, 0.25) is 0 Å². The summed E-state index contributed by atoms with van der Waals surface area (Å²) in [5.41, 5.74) is 0.557. The maximum Gasteiger partial charge on any atom is 0.258 e. The minimum atomic E-state index is -0.639. The Morgan fingerprint density at radius 2 is 1.93 bits per heavy atom. The van der Waals surface area contributed by atoms with Gasteiger partial charge in [-0.2, -0.15) is 11.3 Å². The van der Waals surface area contributed by atoms with E-state index in [4.69, 9.17) is 9.60 Å². The van der Waals surface area contributed by atoms with Crippen molar-refractivity contribution < 1.29 is 19.2 Å². The molecule has 0 unspecified atom stereocenters. The summed E-state index contributed by atoms with van der Waals surface area (Å²) in [6.45, 7) is 0. The average molecular weight is 401 g/mol. The van der Waals surface area contributed by atoms with Gasteiger partial charge in [0.1, 0.15) is 0 Å². The minimum Gasteiger partial charge on any atom is -0.325 e. The van der Waals surface area contributed by atoms with Crippen LogP contribution >= 0.6 is 22.7 Å². The van der Waals surface area contributed by atoms with Crippen molar-refractivity contribution in [2.24, 2.45) is 0 Å². The fourth-order valence-electron chi connectivity index (χ4n) is 2.26. The topological polar surface area (TPSA) is 71.1 Å². The molecule has 0 fully saturated rings.